The van der Waals surface area contributed by atoms with Gasteiger partial charge in [0.2, 0.25) is 0 Å². The molecule has 0 aliphatic carbocycles. The normalized spacial score (nSPS) is 22.4. The van der Waals surface area contributed by atoms with Crippen molar-refractivity contribution in [1.82, 2.24) is 14.7 Å². The third kappa shape index (κ3) is 3.61. The molecular weight excluding hydrogens is 248 g/mol. The minimum atomic E-state index is 0.247. The smallest absolute Gasteiger partial charge is 0.0765 e. The summed E-state index contributed by atoms with van der Waals surface area (Å²) in [5.41, 5.74) is 7.33. The minimum absolute atomic E-state index is 0.247. The van der Waals surface area contributed by atoms with Crippen LogP contribution in [0.3, 0.4) is 0 Å². The molecule has 0 aromatic carbocycles. The first-order valence-corrected chi connectivity index (χ1v) is 8.19. The highest BCUT2D eigenvalue weighted by Gasteiger charge is 2.25. The summed E-state index contributed by atoms with van der Waals surface area (Å²) >= 11 is 0. The Hall–Kier alpha value is -0.870. The van der Waals surface area contributed by atoms with Gasteiger partial charge in [-0.1, -0.05) is 20.3 Å². The average molecular weight is 278 g/mol. The third-order valence-corrected chi connectivity index (χ3v) is 4.62. The number of likely N-dealkylation sites (tertiary alicyclic amines) is 1. The monoisotopic (exact) mass is 278 g/mol. The highest BCUT2D eigenvalue weighted by molar-refractivity contribution is 5.01. The summed E-state index contributed by atoms with van der Waals surface area (Å²) in [5.74, 6) is 0. The van der Waals surface area contributed by atoms with E-state index in [1.165, 1.54) is 25.0 Å². The van der Waals surface area contributed by atoms with Crippen LogP contribution in [0.1, 0.15) is 64.6 Å². The summed E-state index contributed by atoms with van der Waals surface area (Å²) < 4.78 is 2.14. The molecule has 0 spiro atoms. The standard InChI is InChI=1S/C16H30N4/c1-4-15(5-2)20-11-9-14(18-20)12-19-10-7-6-8-16(19)13(3)17/h9,11,13,15-16H,4-8,10,12,17H2,1-3H3. The number of piperidine rings is 1. The van der Waals surface area contributed by atoms with Crippen molar-refractivity contribution >= 4 is 0 Å². The molecule has 1 saturated heterocycles. The van der Waals surface area contributed by atoms with E-state index < -0.39 is 0 Å². The molecule has 2 N–H and O–H groups in total. The van der Waals surface area contributed by atoms with Gasteiger partial charge in [-0.3, -0.25) is 9.58 Å². The molecule has 4 heteroatoms. The maximum Gasteiger partial charge on any atom is 0.0765 e. The average Bonchev–Trinajstić information content (AvgIpc) is 2.89. The number of hydrogen-bond donors (Lipinski definition) is 1. The molecule has 2 atom stereocenters. The van der Waals surface area contributed by atoms with Crippen molar-refractivity contribution in [1.29, 1.82) is 0 Å². The predicted octanol–water partition coefficient (Wildman–Crippen LogP) is 2.95. The van der Waals surface area contributed by atoms with Crippen LogP contribution in [0, 0.1) is 0 Å². The Morgan fingerprint density at radius 1 is 1.35 bits per heavy atom. The van der Waals surface area contributed by atoms with E-state index in [2.05, 4.69) is 42.6 Å². The summed E-state index contributed by atoms with van der Waals surface area (Å²) in [7, 11) is 0. The molecule has 114 valence electrons. The quantitative estimate of drug-likeness (QED) is 0.870. The van der Waals surface area contributed by atoms with Gasteiger partial charge >= 0.3 is 0 Å². The first-order valence-electron chi connectivity index (χ1n) is 8.19. The van der Waals surface area contributed by atoms with Gasteiger partial charge in [0.1, 0.15) is 0 Å². The molecule has 2 rings (SSSR count). The van der Waals surface area contributed by atoms with Gasteiger partial charge in [-0.2, -0.15) is 5.10 Å². The second kappa shape index (κ2) is 7.23. The Morgan fingerprint density at radius 3 is 2.75 bits per heavy atom. The molecule has 0 amide bonds. The van der Waals surface area contributed by atoms with E-state index in [-0.39, 0.29) is 6.04 Å². The van der Waals surface area contributed by atoms with Gasteiger partial charge in [0.25, 0.3) is 0 Å². The second-order valence-corrected chi connectivity index (χ2v) is 6.15. The summed E-state index contributed by atoms with van der Waals surface area (Å²) in [4.78, 5) is 2.52. The van der Waals surface area contributed by atoms with Crippen LogP contribution in [0.4, 0.5) is 0 Å². The fraction of sp³-hybridized carbons (Fsp3) is 0.812. The molecule has 1 aromatic rings. The van der Waals surface area contributed by atoms with Crippen LogP contribution in [0.5, 0.6) is 0 Å². The fourth-order valence-electron chi connectivity index (χ4n) is 3.34. The maximum absolute atomic E-state index is 6.14. The Kier molecular flexibility index (Phi) is 5.61. The number of aromatic nitrogens is 2. The largest absolute Gasteiger partial charge is 0.327 e. The zero-order chi connectivity index (χ0) is 14.5. The van der Waals surface area contributed by atoms with Crippen molar-refractivity contribution in [3.8, 4) is 0 Å². The van der Waals surface area contributed by atoms with Gasteiger partial charge < -0.3 is 5.73 Å². The van der Waals surface area contributed by atoms with E-state index in [1.54, 1.807) is 0 Å². The minimum Gasteiger partial charge on any atom is -0.327 e. The highest BCUT2D eigenvalue weighted by atomic mass is 15.3. The Bertz CT molecular complexity index is 395. The number of nitrogens with two attached hydrogens (primary N) is 1. The molecule has 20 heavy (non-hydrogen) atoms. The Labute approximate surface area is 123 Å². The molecule has 1 aliphatic rings. The van der Waals surface area contributed by atoms with Crippen molar-refractivity contribution in [2.45, 2.75) is 77.5 Å². The molecule has 2 unspecified atom stereocenters. The SMILES string of the molecule is CCC(CC)n1ccc(CN2CCCCC2C(C)N)n1. The second-order valence-electron chi connectivity index (χ2n) is 6.15. The van der Waals surface area contributed by atoms with Crippen LogP contribution in [-0.4, -0.2) is 33.3 Å². The first-order chi connectivity index (χ1) is 9.65. The molecule has 2 heterocycles. The molecule has 4 nitrogen and oxygen atoms in total. The van der Waals surface area contributed by atoms with Crippen molar-refractivity contribution in [2.75, 3.05) is 6.54 Å². The lowest BCUT2D eigenvalue weighted by Gasteiger charge is -2.37. The lowest BCUT2D eigenvalue weighted by atomic mass is 9.97. The van der Waals surface area contributed by atoms with Crippen molar-refractivity contribution in [2.24, 2.45) is 5.73 Å². The third-order valence-electron chi connectivity index (χ3n) is 4.62. The van der Waals surface area contributed by atoms with Gasteiger partial charge in [0.05, 0.1) is 11.7 Å². The van der Waals surface area contributed by atoms with E-state index in [1.807, 2.05) is 0 Å². The summed E-state index contributed by atoms with van der Waals surface area (Å²) in [6.45, 7) is 8.69. The van der Waals surface area contributed by atoms with Crippen LogP contribution in [0.25, 0.3) is 0 Å². The molecule has 1 aromatic heterocycles. The van der Waals surface area contributed by atoms with Gasteiger partial charge in [0, 0.05) is 24.8 Å². The van der Waals surface area contributed by atoms with Gasteiger partial charge in [-0.05, 0) is 45.2 Å². The van der Waals surface area contributed by atoms with E-state index in [0.717, 1.165) is 25.9 Å². The maximum atomic E-state index is 6.14. The predicted molar refractivity (Wildman–Crippen MR) is 83.5 cm³/mol. The van der Waals surface area contributed by atoms with Crippen LogP contribution in [0.15, 0.2) is 12.3 Å². The highest BCUT2D eigenvalue weighted by Crippen LogP contribution is 2.21. The van der Waals surface area contributed by atoms with Gasteiger partial charge in [0.15, 0.2) is 0 Å². The lowest BCUT2D eigenvalue weighted by molar-refractivity contribution is 0.121. The van der Waals surface area contributed by atoms with E-state index >= 15 is 0 Å². The van der Waals surface area contributed by atoms with Crippen LogP contribution in [-0.2, 0) is 6.54 Å². The van der Waals surface area contributed by atoms with Gasteiger partial charge in [-0.15, -0.1) is 0 Å². The number of hydrogen-bond acceptors (Lipinski definition) is 3. The zero-order valence-corrected chi connectivity index (χ0v) is 13.3. The summed E-state index contributed by atoms with van der Waals surface area (Å²) in [6, 6.07) is 3.47. The van der Waals surface area contributed by atoms with Crippen LogP contribution in [0.2, 0.25) is 0 Å². The topological polar surface area (TPSA) is 47.1 Å². The van der Waals surface area contributed by atoms with E-state index in [9.17, 15) is 0 Å². The molecule has 1 aliphatic heterocycles. The summed E-state index contributed by atoms with van der Waals surface area (Å²) in [6.07, 6.45) is 8.25. The van der Waals surface area contributed by atoms with E-state index in [4.69, 9.17) is 10.8 Å². The van der Waals surface area contributed by atoms with Crippen molar-refractivity contribution in [3.05, 3.63) is 18.0 Å². The molecular formula is C16H30N4. The van der Waals surface area contributed by atoms with Crippen molar-refractivity contribution < 1.29 is 0 Å². The Balaban J connectivity index is 2.01. The number of nitrogens with zero attached hydrogens (tertiary/aromatic N) is 3. The molecule has 0 saturated carbocycles. The summed E-state index contributed by atoms with van der Waals surface area (Å²) in [5, 5.41) is 4.77. The molecule has 0 radical (unpaired) electrons. The van der Waals surface area contributed by atoms with Gasteiger partial charge in [-0.25, -0.2) is 0 Å². The molecule has 0 bridgehead atoms. The zero-order valence-electron chi connectivity index (χ0n) is 13.3. The molecule has 1 fully saturated rings. The van der Waals surface area contributed by atoms with E-state index in [0.29, 0.717) is 12.1 Å². The van der Waals surface area contributed by atoms with Crippen LogP contribution >= 0.6 is 0 Å². The van der Waals surface area contributed by atoms with Crippen molar-refractivity contribution in [3.63, 3.8) is 0 Å². The Morgan fingerprint density at radius 2 is 2.10 bits per heavy atom. The first kappa shape index (κ1) is 15.5. The number of rotatable bonds is 6. The lowest BCUT2D eigenvalue weighted by Crippen LogP contribution is -2.48. The fourth-order valence-corrected chi connectivity index (χ4v) is 3.34. The van der Waals surface area contributed by atoms with Crippen LogP contribution < -0.4 is 5.73 Å².